The first-order chi connectivity index (χ1) is 9.35. The summed E-state index contributed by atoms with van der Waals surface area (Å²) in [5.41, 5.74) is 4.80. The largest absolute Gasteiger partial charge is 0.451 e. The Morgan fingerprint density at radius 1 is 1.50 bits per heavy atom. The van der Waals surface area contributed by atoms with Crippen LogP contribution in [0.15, 0.2) is 6.07 Å². The third kappa shape index (κ3) is 3.28. The van der Waals surface area contributed by atoms with Gasteiger partial charge in [0.2, 0.25) is 5.82 Å². The molecule has 1 atom stereocenters. The topological polar surface area (TPSA) is 82.3 Å². The molecule has 1 saturated heterocycles. The summed E-state index contributed by atoms with van der Waals surface area (Å²) in [6.07, 6.45) is -3.98. The number of nitrogens with zero attached hydrogens (tertiary/aromatic N) is 2. The maximum absolute atomic E-state index is 12.6. The van der Waals surface area contributed by atoms with Crippen molar-refractivity contribution in [2.24, 2.45) is 0 Å². The molecule has 2 rings (SSSR count). The number of nitrogens with one attached hydrogen (secondary N) is 1. The van der Waals surface area contributed by atoms with Crippen LogP contribution in [0, 0.1) is 0 Å². The van der Waals surface area contributed by atoms with Gasteiger partial charge >= 0.3 is 6.18 Å². The van der Waals surface area contributed by atoms with Gasteiger partial charge in [-0.2, -0.15) is 13.2 Å². The van der Waals surface area contributed by atoms with Crippen molar-refractivity contribution in [2.45, 2.75) is 18.2 Å². The van der Waals surface area contributed by atoms with E-state index in [0.29, 0.717) is 19.6 Å². The highest BCUT2D eigenvalue weighted by molar-refractivity contribution is 5.45. The summed E-state index contributed by atoms with van der Waals surface area (Å²) < 4.78 is 48.3. The fraction of sp³-hybridized carbons (Fsp3) is 0.636. The van der Waals surface area contributed by atoms with Gasteiger partial charge in [0.05, 0.1) is 6.61 Å². The molecule has 0 radical (unpaired) electrons. The minimum Gasteiger partial charge on any atom is -0.384 e. The van der Waals surface area contributed by atoms with E-state index in [1.54, 1.807) is 0 Å². The van der Waals surface area contributed by atoms with Crippen LogP contribution in [0.2, 0.25) is 0 Å². The van der Waals surface area contributed by atoms with E-state index in [4.69, 9.17) is 15.2 Å². The second kappa shape index (κ2) is 5.41. The van der Waals surface area contributed by atoms with Crippen LogP contribution < -0.4 is 11.1 Å². The molecule has 112 valence electrons. The van der Waals surface area contributed by atoms with Crippen molar-refractivity contribution >= 4 is 11.6 Å². The molecular weight excluding hydrogens is 277 g/mol. The Hall–Kier alpha value is -1.61. The van der Waals surface area contributed by atoms with Gasteiger partial charge < -0.3 is 20.5 Å². The van der Waals surface area contributed by atoms with Crippen LogP contribution in [0.1, 0.15) is 12.2 Å². The molecule has 1 aromatic rings. The molecule has 0 amide bonds. The monoisotopic (exact) mass is 292 g/mol. The van der Waals surface area contributed by atoms with Gasteiger partial charge in [-0.15, -0.1) is 0 Å². The highest BCUT2D eigenvalue weighted by Crippen LogP contribution is 2.28. The van der Waals surface area contributed by atoms with E-state index in [0.717, 1.165) is 0 Å². The first kappa shape index (κ1) is 14.8. The average molecular weight is 292 g/mol. The standard InChI is InChI=1S/C11H15F3N4O2/c1-19-10(2-3-20-6-10)5-16-8-4-7(15)17-9(18-8)11(12,13)14/h4H,2-3,5-6H2,1H3,(H3,15,16,17,18). The summed E-state index contributed by atoms with van der Waals surface area (Å²) in [6.45, 7) is 1.20. The number of nitrogens with two attached hydrogens (primary N) is 1. The van der Waals surface area contributed by atoms with Gasteiger partial charge in [0.15, 0.2) is 0 Å². The number of ether oxygens (including phenoxy) is 2. The summed E-state index contributed by atoms with van der Waals surface area (Å²) in [5.74, 6) is -1.51. The first-order valence-corrected chi connectivity index (χ1v) is 5.93. The van der Waals surface area contributed by atoms with Crippen molar-refractivity contribution in [1.82, 2.24) is 9.97 Å². The molecule has 0 spiro atoms. The van der Waals surface area contributed by atoms with E-state index in [-0.39, 0.29) is 18.2 Å². The normalized spacial score (nSPS) is 23.0. The number of alkyl halides is 3. The van der Waals surface area contributed by atoms with Gasteiger partial charge in [-0.05, 0) is 0 Å². The maximum atomic E-state index is 12.6. The Morgan fingerprint density at radius 2 is 2.25 bits per heavy atom. The molecule has 0 bridgehead atoms. The summed E-state index contributed by atoms with van der Waals surface area (Å²) in [7, 11) is 1.53. The minimum absolute atomic E-state index is 0.00755. The average Bonchev–Trinajstić information content (AvgIpc) is 2.84. The first-order valence-electron chi connectivity index (χ1n) is 5.93. The zero-order valence-corrected chi connectivity index (χ0v) is 10.8. The van der Waals surface area contributed by atoms with E-state index in [9.17, 15) is 13.2 Å². The van der Waals surface area contributed by atoms with E-state index < -0.39 is 17.6 Å². The molecule has 0 aliphatic carbocycles. The fourth-order valence-corrected chi connectivity index (χ4v) is 1.90. The fourth-order valence-electron chi connectivity index (χ4n) is 1.90. The van der Waals surface area contributed by atoms with Gasteiger partial charge in [0, 0.05) is 32.7 Å². The number of anilines is 2. The van der Waals surface area contributed by atoms with E-state index in [1.807, 2.05) is 0 Å². The number of methoxy groups -OCH3 is 1. The number of aromatic nitrogens is 2. The number of nitrogen functional groups attached to an aromatic ring is 1. The Labute approximate surface area is 113 Å². The molecule has 3 N–H and O–H groups in total. The molecule has 0 aromatic carbocycles. The van der Waals surface area contributed by atoms with Crippen LogP contribution in [0.3, 0.4) is 0 Å². The lowest BCUT2D eigenvalue weighted by molar-refractivity contribution is -0.144. The molecule has 1 unspecified atom stereocenters. The predicted octanol–water partition coefficient (Wildman–Crippen LogP) is 1.30. The van der Waals surface area contributed by atoms with Crippen LogP contribution in [0.25, 0.3) is 0 Å². The lowest BCUT2D eigenvalue weighted by Crippen LogP contribution is -2.39. The van der Waals surface area contributed by atoms with E-state index >= 15 is 0 Å². The third-order valence-electron chi connectivity index (χ3n) is 3.09. The SMILES string of the molecule is COC1(CNc2cc(N)nc(C(F)(F)F)n2)CCOC1. The number of hydrogen-bond donors (Lipinski definition) is 2. The van der Waals surface area contributed by atoms with Crippen molar-refractivity contribution < 1.29 is 22.6 Å². The zero-order chi connectivity index (χ0) is 14.8. The summed E-state index contributed by atoms with van der Waals surface area (Å²) >= 11 is 0. The highest BCUT2D eigenvalue weighted by Gasteiger charge is 2.37. The van der Waals surface area contributed by atoms with Gasteiger partial charge in [0.25, 0.3) is 0 Å². The van der Waals surface area contributed by atoms with Crippen molar-refractivity contribution in [2.75, 3.05) is 37.9 Å². The highest BCUT2D eigenvalue weighted by atomic mass is 19.4. The van der Waals surface area contributed by atoms with Crippen molar-refractivity contribution in [3.63, 3.8) is 0 Å². The molecule has 9 heteroatoms. The number of rotatable bonds is 4. The van der Waals surface area contributed by atoms with Crippen molar-refractivity contribution in [1.29, 1.82) is 0 Å². The molecule has 1 fully saturated rings. The molecule has 2 heterocycles. The molecule has 1 aromatic heterocycles. The summed E-state index contributed by atoms with van der Waals surface area (Å²) in [4.78, 5) is 6.58. The van der Waals surface area contributed by atoms with Gasteiger partial charge in [-0.1, -0.05) is 0 Å². The van der Waals surface area contributed by atoms with Crippen LogP contribution >= 0.6 is 0 Å². The van der Waals surface area contributed by atoms with Gasteiger partial charge in [-0.25, -0.2) is 9.97 Å². The van der Waals surface area contributed by atoms with Crippen LogP contribution in [-0.2, 0) is 15.7 Å². The lowest BCUT2D eigenvalue weighted by atomic mass is 10.0. The Balaban J connectivity index is 2.11. The zero-order valence-electron chi connectivity index (χ0n) is 10.8. The molecule has 1 aliphatic rings. The molecule has 6 nitrogen and oxygen atoms in total. The molecule has 0 saturated carbocycles. The summed E-state index contributed by atoms with van der Waals surface area (Å²) in [6, 6.07) is 1.24. The second-order valence-corrected chi connectivity index (χ2v) is 4.54. The number of halogens is 3. The van der Waals surface area contributed by atoms with Crippen LogP contribution in [0.5, 0.6) is 0 Å². The summed E-state index contributed by atoms with van der Waals surface area (Å²) in [5, 5.41) is 2.80. The van der Waals surface area contributed by atoms with Crippen molar-refractivity contribution in [3.05, 3.63) is 11.9 Å². The molecule has 1 aliphatic heterocycles. The van der Waals surface area contributed by atoms with E-state index in [1.165, 1.54) is 13.2 Å². The van der Waals surface area contributed by atoms with E-state index in [2.05, 4.69) is 15.3 Å². The lowest BCUT2D eigenvalue weighted by Gasteiger charge is -2.26. The third-order valence-corrected chi connectivity index (χ3v) is 3.09. The Morgan fingerprint density at radius 3 is 2.80 bits per heavy atom. The predicted molar refractivity (Wildman–Crippen MR) is 65.1 cm³/mol. The van der Waals surface area contributed by atoms with Gasteiger partial charge in [-0.3, -0.25) is 0 Å². The second-order valence-electron chi connectivity index (χ2n) is 4.54. The molecule has 20 heavy (non-hydrogen) atoms. The van der Waals surface area contributed by atoms with Gasteiger partial charge in [0.1, 0.15) is 17.2 Å². The van der Waals surface area contributed by atoms with Crippen LogP contribution in [-0.4, -0.2) is 42.4 Å². The minimum atomic E-state index is -4.64. The van der Waals surface area contributed by atoms with Crippen LogP contribution in [0.4, 0.5) is 24.8 Å². The Kier molecular flexibility index (Phi) is 4.00. The smallest absolute Gasteiger partial charge is 0.384 e. The maximum Gasteiger partial charge on any atom is 0.451 e. The van der Waals surface area contributed by atoms with Crippen molar-refractivity contribution in [3.8, 4) is 0 Å². The molecular formula is C11H15F3N4O2. The number of hydrogen-bond acceptors (Lipinski definition) is 6. The Bertz CT molecular complexity index is 475. The quantitative estimate of drug-likeness (QED) is 0.870.